The second kappa shape index (κ2) is 6.81. The first-order chi connectivity index (χ1) is 8.58. The molecule has 18 heavy (non-hydrogen) atoms. The molecule has 0 spiro atoms. The summed E-state index contributed by atoms with van der Waals surface area (Å²) in [6, 6.07) is 1.60. The summed E-state index contributed by atoms with van der Waals surface area (Å²) in [6.07, 6.45) is -0.148. The molecule has 0 saturated carbocycles. The van der Waals surface area contributed by atoms with Gasteiger partial charge >= 0.3 is 12.0 Å². The highest BCUT2D eigenvalue weighted by Gasteiger charge is 2.24. The van der Waals surface area contributed by atoms with Gasteiger partial charge in [-0.1, -0.05) is 6.92 Å². The fraction of sp³-hybridized carbons (Fsp3) is 0.727. The minimum atomic E-state index is -0.922. The van der Waals surface area contributed by atoms with E-state index in [9.17, 15) is 9.59 Å². The summed E-state index contributed by atoms with van der Waals surface area (Å²) in [5, 5.41) is 20.1. The Labute approximate surface area is 105 Å². The van der Waals surface area contributed by atoms with Gasteiger partial charge in [0, 0.05) is 13.1 Å². The molecule has 1 aliphatic heterocycles. The van der Waals surface area contributed by atoms with Crippen molar-refractivity contribution in [1.29, 1.82) is 5.26 Å². The van der Waals surface area contributed by atoms with Crippen LogP contribution in [0.1, 0.15) is 13.3 Å². The number of urea groups is 1. The second-order valence-corrected chi connectivity index (χ2v) is 4.06. The Bertz CT molecular complexity index is 353. The molecule has 0 bridgehead atoms. The molecule has 0 aromatic heterocycles. The first-order valence-corrected chi connectivity index (χ1v) is 5.85. The van der Waals surface area contributed by atoms with Crippen LogP contribution in [-0.4, -0.2) is 54.4 Å². The predicted molar refractivity (Wildman–Crippen MR) is 61.7 cm³/mol. The molecule has 100 valence electrons. The third kappa shape index (κ3) is 3.89. The zero-order chi connectivity index (χ0) is 13.5. The molecule has 0 aromatic rings. The molecular weight excluding hydrogens is 238 g/mol. The highest BCUT2D eigenvalue weighted by atomic mass is 16.5. The summed E-state index contributed by atoms with van der Waals surface area (Å²) in [5.74, 6) is -1.50. The smallest absolute Gasteiger partial charge is 0.317 e. The predicted octanol–water partition coefficient (Wildman–Crippen LogP) is 0.0312. The van der Waals surface area contributed by atoms with Gasteiger partial charge in [0.25, 0.3) is 0 Å². The summed E-state index contributed by atoms with van der Waals surface area (Å²) >= 11 is 0. The van der Waals surface area contributed by atoms with Crippen LogP contribution in [0.5, 0.6) is 0 Å². The van der Waals surface area contributed by atoms with Crippen molar-refractivity contribution in [3.8, 4) is 6.07 Å². The van der Waals surface area contributed by atoms with Crippen LogP contribution in [0, 0.1) is 17.2 Å². The highest BCUT2D eigenvalue weighted by Crippen LogP contribution is 2.05. The van der Waals surface area contributed by atoms with E-state index >= 15 is 0 Å². The van der Waals surface area contributed by atoms with Gasteiger partial charge in [0.1, 0.15) is 0 Å². The molecule has 1 heterocycles. The number of carbonyl (C=O) groups excluding carboxylic acids is 1. The van der Waals surface area contributed by atoms with Crippen molar-refractivity contribution in [2.75, 3.05) is 26.2 Å². The van der Waals surface area contributed by atoms with Crippen molar-refractivity contribution in [1.82, 2.24) is 10.2 Å². The first-order valence-electron chi connectivity index (χ1n) is 5.85. The van der Waals surface area contributed by atoms with E-state index in [1.54, 1.807) is 6.92 Å². The Hall–Kier alpha value is -1.81. The van der Waals surface area contributed by atoms with Crippen LogP contribution in [0.15, 0.2) is 0 Å². The Morgan fingerprint density at radius 2 is 2.39 bits per heavy atom. The molecule has 2 amide bonds. The molecule has 1 aliphatic rings. The quantitative estimate of drug-likeness (QED) is 0.737. The van der Waals surface area contributed by atoms with Gasteiger partial charge in [-0.2, -0.15) is 5.26 Å². The van der Waals surface area contributed by atoms with E-state index in [1.165, 1.54) is 4.90 Å². The second-order valence-electron chi connectivity index (χ2n) is 4.06. The number of ether oxygens (including phenoxy) is 1. The fourth-order valence-electron chi connectivity index (χ4n) is 1.64. The molecule has 2 atom stereocenters. The maximum Gasteiger partial charge on any atom is 0.317 e. The lowest BCUT2D eigenvalue weighted by Gasteiger charge is -2.30. The number of carboxylic acids is 1. The molecule has 2 N–H and O–H groups in total. The minimum Gasteiger partial charge on any atom is -0.481 e. The number of hydrogen-bond donors (Lipinski definition) is 2. The van der Waals surface area contributed by atoms with E-state index in [0.717, 1.165) is 0 Å². The van der Waals surface area contributed by atoms with Gasteiger partial charge in [-0.05, 0) is 6.42 Å². The number of amides is 2. The number of nitrogens with zero attached hydrogens (tertiary/aromatic N) is 2. The van der Waals surface area contributed by atoms with Crippen LogP contribution in [0.25, 0.3) is 0 Å². The number of morpholine rings is 1. The van der Waals surface area contributed by atoms with E-state index in [-0.39, 0.29) is 19.1 Å². The van der Waals surface area contributed by atoms with Crippen LogP contribution in [0.3, 0.4) is 0 Å². The number of aliphatic carboxylic acids is 1. The molecule has 0 aromatic carbocycles. The largest absolute Gasteiger partial charge is 0.481 e. The van der Waals surface area contributed by atoms with Gasteiger partial charge < -0.3 is 20.1 Å². The third-order valence-electron chi connectivity index (χ3n) is 2.84. The summed E-state index contributed by atoms with van der Waals surface area (Å²) in [4.78, 5) is 24.0. The monoisotopic (exact) mass is 255 g/mol. The lowest BCUT2D eigenvalue weighted by Crippen LogP contribution is -2.50. The molecule has 1 rings (SSSR count). The average molecular weight is 255 g/mol. The van der Waals surface area contributed by atoms with Crippen LogP contribution >= 0.6 is 0 Å². The number of nitriles is 1. The van der Waals surface area contributed by atoms with Gasteiger partial charge in [0.15, 0.2) is 6.10 Å². The van der Waals surface area contributed by atoms with Crippen molar-refractivity contribution in [3.05, 3.63) is 0 Å². The normalized spacial score (nSPS) is 20.9. The minimum absolute atomic E-state index is 0.0965. The van der Waals surface area contributed by atoms with Crippen LogP contribution in [0.2, 0.25) is 0 Å². The molecule has 0 radical (unpaired) electrons. The summed E-state index contributed by atoms with van der Waals surface area (Å²) < 4.78 is 5.12. The van der Waals surface area contributed by atoms with E-state index in [2.05, 4.69) is 5.32 Å². The molecule has 7 heteroatoms. The van der Waals surface area contributed by atoms with E-state index in [4.69, 9.17) is 15.1 Å². The molecule has 1 saturated heterocycles. The maximum atomic E-state index is 11.8. The number of nitrogens with one attached hydrogen (secondary N) is 1. The maximum absolute atomic E-state index is 11.8. The molecular formula is C11H17N3O4. The number of hydrogen-bond acceptors (Lipinski definition) is 4. The topological polar surface area (TPSA) is 103 Å². The van der Waals surface area contributed by atoms with Crippen molar-refractivity contribution in [2.45, 2.75) is 19.4 Å². The fourth-order valence-corrected chi connectivity index (χ4v) is 1.64. The Kier molecular flexibility index (Phi) is 5.39. The molecule has 1 fully saturated rings. The standard InChI is InChI=1S/C11H17N3O4/c1-2-8(10(15)16)6-13-11(17)14-3-4-18-9(5-12)7-14/h8-9H,2-4,6-7H2,1H3,(H,13,17)(H,15,16). The number of carbonyl (C=O) groups is 2. The molecule has 7 nitrogen and oxygen atoms in total. The van der Waals surface area contributed by atoms with Gasteiger partial charge in [-0.15, -0.1) is 0 Å². The summed E-state index contributed by atoms with van der Waals surface area (Å²) in [7, 11) is 0. The first kappa shape index (κ1) is 14.3. The Balaban J connectivity index is 2.41. The third-order valence-corrected chi connectivity index (χ3v) is 2.84. The lowest BCUT2D eigenvalue weighted by atomic mass is 10.1. The average Bonchev–Trinajstić information content (AvgIpc) is 2.38. The summed E-state index contributed by atoms with van der Waals surface area (Å²) in [5.41, 5.74) is 0. The van der Waals surface area contributed by atoms with Crippen LogP contribution in [0.4, 0.5) is 4.79 Å². The van der Waals surface area contributed by atoms with E-state index < -0.39 is 18.0 Å². The Morgan fingerprint density at radius 1 is 1.67 bits per heavy atom. The van der Waals surface area contributed by atoms with Crippen LogP contribution < -0.4 is 5.32 Å². The SMILES string of the molecule is CCC(CNC(=O)N1CCOC(C#N)C1)C(=O)O. The van der Waals surface area contributed by atoms with Gasteiger partial charge in [-0.25, -0.2) is 4.79 Å². The zero-order valence-electron chi connectivity index (χ0n) is 10.3. The summed E-state index contributed by atoms with van der Waals surface area (Å²) in [6.45, 7) is 2.80. The lowest BCUT2D eigenvalue weighted by molar-refractivity contribution is -0.141. The molecule has 2 unspecified atom stereocenters. The number of carboxylic acid groups (broad SMARTS) is 1. The van der Waals surface area contributed by atoms with Gasteiger partial charge in [-0.3, -0.25) is 4.79 Å². The zero-order valence-corrected chi connectivity index (χ0v) is 10.3. The van der Waals surface area contributed by atoms with E-state index in [0.29, 0.717) is 19.6 Å². The number of rotatable bonds is 4. The van der Waals surface area contributed by atoms with Crippen molar-refractivity contribution in [3.63, 3.8) is 0 Å². The van der Waals surface area contributed by atoms with Crippen molar-refractivity contribution < 1.29 is 19.4 Å². The molecule has 0 aliphatic carbocycles. The van der Waals surface area contributed by atoms with Crippen molar-refractivity contribution in [2.24, 2.45) is 5.92 Å². The van der Waals surface area contributed by atoms with Gasteiger partial charge in [0.05, 0.1) is 25.1 Å². The van der Waals surface area contributed by atoms with Gasteiger partial charge in [0.2, 0.25) is 0 Å². The Morgan fingerprint density at radius 3 is 2.94 bits per heavy atom. The van der Waals surface area contributed by atoms with Crippen LogP contribution in [-0.2, 0) is 9.53 Å². The van der Waals surface area contributed by atoms with Crippen molar-refractivity contribution >= 4 is 12.0 Å². The van der Waals surface area contributed by atoms with E-state index in [1.807, 2.05) is 6.07 Å². The highest BCUT2D eigenvalue weighted by molar-refractivity contribution is 5.76.